The van der Waals surface area contributed by atoms with Crippen LogP contribution in [0.15, 0.2) is 12.1 Å². The maximum absolute atomic E-state index is 14.5. The maximum atomic E-state index is 14.5. The van der Waals surface area contributed by atoms with Gasteiger partial charge in [-0.05, 0) is 61.6 Å². The van der Waals surface area contributed by atoms with Crippen LogP contribution in [0.1, 0.15) is 69.4 Å². The van der Waals surface area contributed by atoms with Gasteiger partial charge in [-0.15, -0.1) is 0 Å². The summed E-state index contributed by atoms with van der Waals surface area (Å²) < 4.78 is 34.5. The summed E-state index contributed by atoms with van der Waals surface area (Å²) in [5.41, 5.74) is 1.21. The number of rotatable bonds is 3. The number of ether oxygens (including phenoxy) is 1. The fourth-order valence-corrected chi connectivity index (χ4v) is 3.69. The van der Waals surface area contributed by atoms with Crippen molar-refractivity contribution >= 4 is 6.08 Å². The number of fused-ring (bicyclic) bond motifs is 1. The topological polar surface area (TPSA) is 9.23 Å². The average Bonchev–Trinajstić information content (AvgIpc) is 2.58. The van der Waals surface area contributed by atoms with E-state index in [2.05, 4.69) is 6.92 Å². The summed E-state index contributed by atoms with van der Waals surface area (Å²) in [6.07, 6.45) is 9.71. The second kappa shape index (κ2) is 6.39. The molecule has 1 nitrogen and oxygen atoms in total. The van der Waals surface area contributed by atoms with Crippen LogP contribution in [0.5, 0.6) is 5.75 Å². The molecule has 0 bridgehead atoms. The molecule has 1 saturated carbocycles. The van der Waals surface area contributed by atoms with E-state index in [-0.39, 0.29) is 17.8 Å². The van der Waals surface area contributed by atoms with Gasteiger partial charge in [0.2, 0.25) is 5.82 Å². The second-order valence-corrected chi connectivity index (χ2v) is 6.56. The van der Waals surface area contributed by atoms with Crippen molar-refractivity contribution in [1.29, 1.82) is 0 Å². The molecule has 0 spiro atoms. The van der Waals surface area contributed by atoms with Gasteiger partial charge in [-0.3, -0.25) is 0 Å². The lowest BCUT2D eigenvalue weighted by atomic mass is 9.77. The molecule has 1 unspecified atom stereocenters. The lowest BCUT2D eigenvalue weighted by Crippen LogP contribution is -2.19. The summed E-state index contributed by atoms with van der Waals surface area (Å²) in [4.78, 5) is 0. The van der Waals surface area contributed by atoms with Crippen molar-refractivity contribution in [3.8, 4) is 5.75 Å². The Bertz CT molecular complexity index is 571. The van der Waals surface area contributed by atoms with E-state index in [4.69, 9.17) is 4.74 Å². The van der Waals surface area contributed by atoms with Gasteiger partial charge in [0.25, 0.3) is 0 Å². The van der Waals surface area contributed by atoms with Gasteiger partial charge in [0.15, 0.2) is 11.6 Å². The minimum atomic E-state index is -0.812. The van der Waals surface area contributed by atoms with Gasteiger partial charge in [-0.25, -0.2) is 4.39 Å². The predicted molar refractivity (Wildman–Crippen MR) is 85.1 cm³/mol. The Balaban J connectivity index is 1.89. The van der Waals surface area contributed by atoms with Crippen molar-refractivity contribution in [2.75, 3.05) is 0 Å². The van der Waals surface area contributed by atoms with E-state index >= 15 is 0 Å². The first-order chi connectivity index (χ1) is 10.6. The highest BCUT2D eigenvalue weighted by Gasteiger charge is 2.29. The van der Waals surface area contributed by atoms with Gasteiger partial charge in [0, 0.05) is 5.56 Å². The molecule has 1 aliphatic heterocycles. The molecule has 3 heteroatoms. The quantitative estimate of drug-likeness (QED) is 0.682. The van der Waals surface area contributed by atoms with Crippen LogP contribution in [0, 0.1) is 17.6 Å². The highest BCUT2D eigenvalue weighted by atomic mass is 19.2. The summed E-state index contributed by atoms with van der Waals surface area (Å²) >= 11 is 0. The molecular formula is C19H24F2O. The largest absolute Gasteiger partial charge is 0.483 e. The van der Waals surface area contributed by atoms with Crippen molar-refractivity contribution in [2.24, 2.45) is 5.92 Å². The molecule has 1 fully saturated rings. The molecule has 120 valence electrons. The number of benzene rings is 1. The molecule has 0 amide bonds. The maximum Gasteiger partial charge on any atom is 0.201 e. The molecule has 0 N–H and O–H groups in total. The van der Waals surface area contributed by atoms with Crippen LogP contribution < -0.4 is 4.74 Å². The number of halogens is 2. The first-order valence-electron chi connectivity index (χ1n) is 8.50. The van der Waals surface area contributed by atoms with Crippen molar-refractivity contribution < 1.29 is 13.5 Å². The Morgan fingerprint density at radius 2 is 1.77 bits per heavy atom. The third-order valence-corrected chi connectivity index (χ3v) is 5.24. The zero-order valence-corrected chi connectivity index (χ0v) is 13.4. The first kappa shape index (κ1) is 15.5. The Morgan fingerprint density at radius 3 is 2.41 bits per heavy atom. The van der Waals surface area contributed by atoms with Gasteiger partial charge in [0.1, 0.15) is 6.10 Å². The molecule has 0 aromatic heterocycles. The summed E-state index contributed by atoms with van der Waals surface area (Å²) in [6, 6.07) is 1.80. The van der Waals surface area contributed by atoms with Crippen LogP contribution in [-0.4, -0.2) is 6.10 Å². The van der Waals surface area contributed by atoms with Crippen molar-refractivity contribution in [1.82, 2.24) is 0 Å². The van der Waals surface area contributed by atoms with Gasteiger partial charge in [-0.2, -0.15) is 4.39 Å². The SMILES string of the molecule is CCC1CCC(c2cc3c(c(F)c2F)OC(CC)C=C3)CC1. The standard InChI is InChI=1S/C19H24F2O/c1-3-12-5-7-13(8-6-12)16-11-14-9-10-15(4-2)22-19(14)18(21)17(16)20/h9-13,15H,3-8H2,1-2H3. The second-order valence-electron chi connectivity index (χ2n) is 6.56. The normalized spacial score (nSPS) is 27.4. The average molecular weight is 306 g/mol. The predicted octanol–water partition coefficient (Wildman–Crippen LogP) is 5.83. The highest BCUT2D eigenvalue weighted by Crippen LogP contribution is 2.41. The van der Waals surface area contributed by atoms with Gasteiger partial charge >= 0.3 is 0 Å². The summed E-state index contributed by atoms with van der Waals surface area (Å²) in [7, 11) is 0. The van der Waals surface area contributed by atoms with E-state index in [0.717, 1.165) is 38.0 Å². The Labute approximate surface area is 131 Å². The lowest BCUT2D eigenvalue weighted by molar-refractivity contribution is 0.226. The zero-order chi connectivity index (χ0) is 15.7. The highest BCUT2D eigenvalue weighted by molar-refractivity contribution is 5.62. The van der Waals surface area contributed by atoms with Crippen molar-refractivity contribution in [3.63, 3.8) is 0 Å². The van der Waals surface area contributed by atoms with Crippen molar-refractivity contribution in [2.45, 2.75) is 64.4 Å². The fraction of sp³-hybridized carbons (Fsp3) is 0.579. The summed E-state index contributed by atoms with van der Waals surface area (Å²) in [6.45, 7) is 4.17. The molecule has 1 heterocycles. The zero-order valence-electron chi connectivity index (χ0n) is 13.4. The molecule has 22 heavy (non-hydrogen) atoms. The van der Waals surface area contributed by atoms with E-state index in [1.807, 2.05) is 19.1 Å². The number of hydrogen-bond acceptors (Lipinski definition) is 1. The molecule has 0 saturated heterocycles. The fourth-order valence-electron chi connectivity index (χ4n) is 3.69. The third kappa shape index (κ3) is 2.78. The summed E-state index contributed by atoms with van der Waals surface area (Å²) in [5, 5.41) is 0. The van der Waals surface area contributed by atoms with Crippen molar-refractivity contribution in [3.05, 3.63) is 34.9 Å². The van der Waals surface area contributed by atoms with Crippen LogP contribution in [-0.2, 0) is 0 Å². The van der Waals surface area contributed by atoms with Crippen LogP contribution in [0.2, 0.25) is 0 Å². The van der Waals surface area contributed by atoms with Crippen LogP contribution in [0.25, 0.3) is 6.08 Å². The van der Waals surface area contributed by atoms with E-state index in [0.29, 0.717) is 11.1 Å². The molecule has 2 aliphatic rings. The van der Waals surface area contributed by atoms with Crippen LogP contribution >= 0.6 is 0 Å². The van der Waals surface area contributed by atoms with Gasteiger partial charge in [-0.1, -0.05) is 26.3 Å². The monoisotopic (exact) mass is 306 g/mol. The molecule has 1 aliphatic carbocycles. The number of hydrogen-bond donors (Lipinski definition) is 0. The Hall–Kier alpha value is -1.38. The molecule has 0 radical (unpaired) electrons. The third-order valence-electron chi connectivity index (χ3n) is 5.24. The lowest BCUT2D eigenvalue weighted by Gasteiger charge is -2.29. The van der Waals surface area contributed by atoms with E-state index < -0.39 is 11.6 Å². The summed E-state index contributed by atoms with van der Waals surface area (Å²) in [5.74, 6) is -0.551. The Morgan fingerprint density at radius 1 is 1.05 bits per heavy atom. The molecule has 1 aromatic rings. The molecule has 1 aromatic carbocycles. The minimum absolute atomic E-state index is 0.0813. The van der Waals surface area contributed by atoms with E-state index in [1.54, 1.807) is 6.07 Å². The smallest absolute Gasteiger partial charge is 0.201 e. The van der Waals surface area contributed by atoms with E-state index in [9.17, 15) is 8.78 Å². The molecule has 1 atom stereocenters. The molecular weight excluding hydrogens is 282 g/mol. The van der Waals surface area contributed by atoms with Crippen LogP contribution in [0.4, 0.5) is 8.78 Å². The first-order valence-corrected chi connectivity index (χ1v) is 8.50. The molecule has 3 rings (SSSR count). The Kier molecular flexibility index (Phi) is 4.51. The van der Waals surface area contributed by atoms with Gasteiger partial charge in [0.05, 0.1) is 0 Å². The minimum Gasteiger partial charge on any atom is -0.483 e. The van der Waals surface area contributed by atoms with Gasteiger partial charge < -0.3 is 4.74 Å². The van der Waals surface area contributed by atoms with E-state index in [1.165, 1.54) is 6.42 Å². The van der Waals surface area contributed by atoms with Crippen LogP contribution in [0.3, 0.4) is 0 Å².